The van der Waals surface area contributed by atoms with E-state index in [0.29, 0.717) is 10.8 Å². The van der Waals surface area contributed by atoms with Crippen LogP contribution < -0.4 is 0 Å². The van der Waals surface area contributed by atoms with Gasteiger partial charge < -0.3 is 0 Å². The summed E-state index contributed by atoms with van der Waals surface area (Å²) in [6.07, 6.45) is 14.9. The van der Waals surface area contributed by atoms with E-state index in [9.17, 15) is 0 Å². The van der Waals surface area contributed by atoms with Crippen LogP contribution in [0.15, 0.2) is 28.3 Å². The quantitative estimate of drug-likeness (QED) is 0.401. The summed E-state index contributed by atoms with van der Waals surface area (Å²) in [5.41, 5.74) is 5.57. The zero-order valence-corrected chi connectivity index (χ0v) is 16.4. The molecule has 0 heterocycles. The highest BCUT2D eigenvalue weighted by molar-refractivity contribution is 5.99. The van der Waals surface area contributed by atoms with Crippen LogP contribution in [0.5, 0.6) is 0 Å². The van der Waals surface area contributed by atoms with E-state index in [2.05, 4.69) is 44.8 Å². The minimum atomic E-state index is 0.383. The molecule has 0 saturated heterocycles. The molecule has 0 radical (unpaired) electrons. The van der Waals surface area contributed by atoms with Crippen LogP contribution in [0.25, 0.3) is 0 Å². The maximum Gasteiger partial charge on any atom is 0.0348 e. The van der Waals surface area contributed by atoms with E-state index in [-0.39, 0.29) is 0 Å². The Morgan fingerprint density at radius 1 is 1.04 bits per heavy atom. The summed E-state index contributed by atoms with van der Waals surface area (Å²) in [6, 6.07) is 0. The second kappa shape index (κ2) is 5.58. The summed E-state index contributed by atoms with van der Waals surface area (Å²) < 4.78 is 0. The van der Waals surface area contributed by atoms with Gasteiger partial charge >= 0.3 is 0 Å². The lowest BCUT2D eigenvalue weighted by molar-refractivity contribution is -0.0186. The molecule has 0 amide bonds. The number of allylic oxidation sites excluding steroid dienone is 4. The van der Waals surface area contributed by atoms with Gasteiger partial charge in [-0.1, -0.05) is 38.5 Å². The molecule has 132 valence electrons. The number of aliphatic imine (C=N–C) groups is 1. The third-order valence-corrected chi connectivity index (χ3v) is 8.66. The molecule has 1 nitrogen and oxygen atoms in total. The number of hydrogen-bond donors (Lipinski definition) is 0. The standard InChI is InChI=1S/C23H35N/c1-15-10-12-22(3)17(14-15)6-7-18-20-9-8-19(16(2)24-5)23(20,4)13-11-21(18)22/h6,8,15,18,20-21H,7,9-14H2,1-5H3/b24-16+. The number of fused-ring (bicyclic) bond motifs is 5. The van der Waals surface area contributed by atoms with Gasteiger partial charge in [-0.3, -0.25) is 4.99 Å². The van der Waals surface area contributed by atoms with Crippen molar-refractivity contribution in [1.82, 2.24) is 0 Å². The van der Waals surface area contributed by atoms with Crippen molar-refractivity contribution in [2.45, 2.75) is 72.6 Å². The Labute approximate surface area is 148 Å². The molecule has 24 heavy (non-hydrogen) atoms. The third-order valence-electron chi connectivity index (χ3n) is 8.66. The topological polar surface area (TPSA) is 12.4 Å². The van der Waals surface area contributed by atoms with Gasteiger partial charge in [0, 0.05) is 12.8 Å². The van der Waals surface area contributed by atoms with Gasteiger partial charge in [-0.2, -0.15) is 0 Å². The average molecular weight is 326 g/mol. The monoisotopic (exact) mass is 325 g/mol. The van der Waals surface area contributed by atoms with Gasteiger partial charge in [-0.15, -0.1) is 0 Å². The van der Waals surface area contributed by atoms with E-state index in [0.717, 1.165) is 23.7 Å². The highest BCUT2D eigenvalue weighted by Gasteiger charge is 2.56. The Morgan fingerprint density at radius 3 is 2.54 bits per heavy atom. The van der Waals surface area contributed by atoms with Crippen LogP contribution in [0, 0.1) is 34.5 Å². The molecule has 4 aliphatic carbocycles. The maximum absolute atomic E-state index is 4.53. The second-order valence-electron chi connectivity index (χ2n) is 9.73. The van der Waals surface area contributed by atoms with Crippen molar-refractivity contribution in [2.24, 2.45) is 39.5 Å². The summed E-state index contributed by atoms with van der Waals surface area (Å²) in [7, 11) is 1.96. The van der Waals surface area contributed by atoms with E-state index < -0.39 is 0 Å². The van der Waals surface area contributed by atoms with Crippen LogP contribution in [0.2, 0.25) is 0 Å². The predicted molar refractivity (Wildman–Crippen MR) is 103 cm³/mol. The number of nitrogens with zero attached hydrogens (tertiary/aromatic N) is 1. The Kier molecular flexibility index (Phi) is 3.86. The van der Waals surface area contributed by atoms with E-state index >= 15 is 0 Å². The third kappa shape index (κ3) is 2.15. The van der Waals surface area contributed by atoms with Gasteiger partial charge in [0.1, 0.15) is 0 Å². The molecule has 4 aliphatic rings. The van der Waals surface area contributed by atoms with E-state index in [1.54, 1.807) is 5.57 Å². The summed E-state index contributed by atoms with van der Waals surface area (Å²) in [4.78, 5) is 4.53. The Morgan fingerprint density at radius 2 is 1.79 bits per heavy atom. The molecule has 0 bridgehead atoms. The fourth-order valence-electron chi connectivity index (χ4n) is 7.09. The maximum atomic E-state index is 4.53. The van der Waals surface area contributed by atoms with Gasteiger partial charge in [-0.25, -0.2) is 0 Å². The second-order valence-corrected chi connectivity index (χ2v) is 9.73. The van der Waals surface area contributed by atoms with Crippen molar-refractivity contribution in [3.8, 4) is 0 Å². The van der Waals surface area contributed by atoms with Gasteiger partial charge in [0.2, 0.25) is 0 Å². The minimum Gasteiger partial charge on any atom is -0.293 e. The van der Waals surface area contributed by atoms with Gasteiger partial charge in [0.05, 0.1) is 0 Å². The van der Waals surface area contributed by atoms with Crippen molar-refractivity contribution < 1.29 is 0 Å². The van der Waals surface area contributed by atoms with E-state index in [1.165, 1.54) is 50.7 Å². The normalized spacial score (nSPS) is 48.1. The minimum absolute atomic E-state index is 0.383. The SMILES string of the molecule is C/N=C(\C)C1=CCC2C3CC=C4CC(C)CCC4(C)C3CCC12C. The molecule has 0 N–H and O–H groups in total. The van der Waals surface area contributed by atoms with Crippen molar-refractivity contribution in [1.29, 1.82) is 0 Å². The summed E-state index contributed by atoms with van der Waals surface area (Å²) in [5, 5.41) is 0. The van der Waals surface area contributed by atoms with Gasteiger partial charge in [-0.05, 0) is 91.9 Å². The van der Waals surface area contributed by atoms with Crippen LogP contribution in [-0.4, -0.2) is 12.8 Å². The molecule has 6 atom stereocenters. The molecule has 0 aromatic carbocycles. The molecule has 2 saturated carbocycles. The summed E-state index contributed by atoms with van der Waals surface area (Å²) in [5.74, 6) is 3.56. The van der Waals surface area contributed by atoms with Crippen LogP contribution >= 0.6 is 0 Å². The molecular weight excluding hydrogens is 290 g/mol. The Balaban J connectivity index is 1.66. The van der Waals surface area contributed by atoms with Crippen molar-refractivity contribution in [2.75, 3.05) is 7.05 Å². The number of rotatable bonds is 1. The molecular formula is C23H35N. The van der Waals surface area contributed by atoms with Crippen molar-refractivity contribution in [3.05, 3.63) is 23.3 Å². The fraction of sp³-hybridized carbons (Fsp3) is 0.783. The zero-order chi connectivity index (χ0) is 17.1. The number of hydrogen-bond acceptors (Lipinski definition) is 1. The lowest BCUT2D eigenvalue weighted by Crippen LogP contribution is -2.49. The summed E-state index contributed by atoms with van der Waals surface area (Å²) >= 11 is 0. The molecule has 0 aromatic heterocycles. The first kappa shape index (κ1) is 16.6. The Hall–Kier alpha value is -0.850. The molecule has 0 aliphatic heterocycles. The van der Waals surface area contributed by atoms with Crippen LogP contribution in [-0.2, 0) is 0 Å². The molecule has 4 rings (SSSR count). The van der Waals surface area contributed by atoms with Gasteiger partial charge in [0.25, 0.3) is 0 Å². The van der Waals surface area contributed by atoms with Crippen LogP contribution in [0.4, 0.5) is 0 Å². The summed E-state index contributed by atoms with van der Waals surface area (Å²) in [6.45, 7) is 9.83. The van der Waals surface area contributed by atoms with Crippen LogP contribution in [0.1, 0.15) is 72.6 Å². The first-order chi connectivity index (χ1) is 11.4. The average Bonchev–Trinajstić information content (AvgIpc) is 2.92. The Bertz CT molecular complexity index is 624. The lowest BCUT2D eigenvalue weighted by atomic mass is 9.47. The lowest BCUT2D eigenvalue weighted by Gasteiger charge is -2.58. The van der Waals surface area contributed by atoms with E-state index in [1.807, 2.05) is 12.6 Å². The predicted octanol–water partition coefficient (Wildman–Crippen LogP) is 6.21. The van der Waals surface area contributed by atoms with Crippen molar-refractivity contribution in [3.63, 3.8) is 0 Å². The largest absolute Gasteiger partial charge is 0.293 e. The highest BCUT2D eigenvalue weighted by Crippen LogP contribution is 2.65. The smallest absolute Gasteiger partial charge is 0.0348 e. The first-order valence-corrected chi connectivity index (χ1v) is 10.2. The molecule has 0 aromatic rings. The molecule has 1 heteroatoms. The molecule has 2 fully saturated rings. The first-order valence-electron chi connectivity index (χ1n) is 10.2. The highest BCUT2D eigenvalue weighted by atomic mass is 14.7. The van der Waals surface area contributed by atoms with Gasteiger partial charge in [0.15, 0.2) is 0 Å². The zero-order valence-electron chi connectivity index (χ0n) is 16.4. The van der Waals surface area contributed by atoms with Crippen LogP contribution in [0.3, 0.4) is 0 Å². The molecule has 0 spiro atoms. The fourth-order valence-corrected chi connectivity index (χ4v) is 7.09. The van der Waals surface area contributed by atoms with E-state index in [4.69, 9.17) is 0 Å². The molecule has 6 unspecified atom stereocenters. The van der Waals surface area contributed by atoms with Crippen molar-refractivity contribution >= 4 is 5.71 Å².